The molecule has 1 heterocycles. The van der Waals surface area contributed by atoms with E-state index >= 15 is 0 Å². The molecule has 21 heavy (non-hydrogen) atoms. The summed E-state index contributed by atoms with van der Waals surface area (Å²) in [7, 11) is -3.24. The summed E-state index contributed by atoms with van der Waals surface area (Å²) in [4.78, 5) is 1.79. The lowest BCUT2D eigenvalue weighted by atomic mass is 10.1. The number of halogens is 1. The van der Waals surface area contributed by atoms with Gasteiger partial charge in [-0.1, -0.05) is 6.92 Å². The zero-order valence-corrected chi connectivity index (χ0v) is 13.8. The molecule has 0 bridgehead atoms. The molecule has 7 heteroatoms. The van der Waals surface area contributed by atoms with Gasteiger partial charge in [-0.05, 0) is 25.1 Å². The van der Waals surface area contributed by atoms with Crippen molar-refractivity contribution in [3.8, 4) is 0 Å². The number of aliphatic hydroxyl groups is 1. The van der Waals surface area contributed by atoms with Gasteiger partial charge in [-0.25, -0.2) is 12.8 Å². The van der Waals surface area contributed by atoms with Gasteiger partial charge in [0.1, 0.15) is 11.2 Å². The molecule has 1 aliphatic rings. The van der Waals surface area contributed by atoms with Crippen LogP contribution in [0.25, 0.3) is 0 Å². The first-order valence-electron chi connectivity index (χ1n) is 6.90. The van der Waals surface area contributed by atoms with Crippen LogP contribution in [0.15, 0.2) is 18.2 Å². The lowest BCUT2D eigenvalue weighted by Gasteiger charge is -2.38. The van der Waals surface area contributed by atoms with Crippen molar-refractivity contribution in [2.24, 2.45) is 0 Å². The van der Waals surface area contributed by atoms with Crippen molar-refractivity contribution in [3.05, 3.63) is 29.6 Å². The standard InChI is InChI=1S/C14H20FNO3S2/c1-3-21(18,19)14-9-20-7-6-16(14)13-5-4-11(15)8-12(13)10(2)17/h4-5,8,10,14,17H,3,6-7,9H2,1-2H3/t10-,14?/m0/s1. The van der Waals surface area contributed by atoms with E-state index in [2.05, 4.69) is 0 Å². The third kappa shape index (κ3) is 3.52. The average molecular weight is 333 g/mol. The predicted octanol–water partition coefficient (Wildman–Crippen LogP) is 2.19. The first kappa shape index (κ1) is 16.6. The number of benzene rings is 1. The topological polar surface area (TPSA) is 57.6 Å². The number of nitrogens with zero attached hydrogens (tertiary/aromatic N) is 1. The maximum atomic E-state index is 13.4. The lowest BCUT2D eigenvalue weighted by molar-refractivity contribution is 0.199. The van der Waals surface area contributed by atoms with Crippen LogP contribution >= 0.6 is 11.8 Å². The minimum Gasteiger partial charge on any atom is -0.389 e. The molecular formula is C14H20FNO3S2. The zero-order chi connectivity index (χ0) is 15.6. The first-order valence-corrected chi connectivity index (χ1v) is 9.77. The number of thioether (sulfide) groups is 1. The largest absolute Gasteiger partial charge is 0.389 e. The van der Waals surface area contributed by atoms with E-state index < -0.39 is 27.1 Å². The Labute approximate surface area is 129 Å². The SMILES string of the molecule is CCS(=O)(=O)C1CSCCN1c1ccc(F)cc1[C@H](C)O. The summed E-state index contributed by atoms with van der Waals surface area (Å²) >= 11 is 1.60. The molecule has 1 aromatic rings. The number of anilines is 1. The average Bonchev–Trinajstić information content (AvgIpc) is 2.47. The molecule has 0 saturated carbocycles. The molecule has 2 atom stereocenters. The summed E-state index contributed by atoms with van der Waals surface area (Å²) in [5.74, 6) is 0.940. The molecule has 1 unspecified atom stereocenters. The molecule has 1 saturated heterocycles. The molecule has 0 aliphatic carbocycles. The Morgan fingerprint density at radius 3 is 2.86 bits per heavy atom. The highest BCUT2D eigenvalue weighted by molar-refractivity contribution is 8.01. The van der Waals surface area contributed by atoms with Crippen molar-refractivity contribution in [1.29, 1.82) is 0 Å². The summed E-state index contributed by atoms with van der Waals surface area (Å²) in [6, 6.07) is 4.14. The van der Waals surface area contributed by atoms with Gasteiger partial charge in [0.15, 0.2) is 9.84 Å². The third-order valence-corrected chi connectivity index (χ3v) is 6.94. The molecule has 0 amide bonds. The van der Waals surface area contributed by atoms with Crippen LogP contribution in [0.2, 0.25) is 0 Å². The molecule has 2 rings (SSSR count). The maximum Gasteiger partial charge on any atom is 0.171 e. The highest BCUT2D eigenvalue weighted by atomic mass is 32.2. The number of sulfone groups is 1. The number of rotatable bonds is 4. The lowest BCUT2D eigenvalue weighted by Crippen LogP contribution is -2.48. The van der Waals surface area contributed by atoms with E-state index in [1.807, 2.05) is 0 Å². The second-order valence-electron chi connectivity index (χ2n) is 5.05. The minimum atomic E-state index is -3.24. The second kappa shape index (κ2) is 6.54. The fourth-order valence-electron chi connectivity index (χ4n) is 2.47. The number of aliphatic hydroxyl groups excluding tert-OH is 1. The van der Waals surface area contributed by atoms with Crippen molar-refractivity contribution in [1.82, 2.24) is 0 Å². The predicted molar refractivity (Wildman–Crippen MR) is 85.0 cm³/mol. The van der Waals surface area contributed by atoms with Gasteiger partial charge in [-0.3, -0.25) is 0 Å². The fraction of sp³-hybridized carbons (Fsp3) is 0.571. The summed E-state index contributed by atoms with van der Waals surface area (Å²) < 4.78 is 38.0. The molecule has 0 aromatic heterocycles. The van der Waals surface area contributed by atoms with Gasteiger partial charge in [0.25, 0.3) is 0 Å². The Bertz CT molecular complexity index is 604. The van der Waals surface area contributed by atoms with E-state index in [1.54, 1.807) is 36.6 Å². The quantitative estimate of drug-likeness (QED) is 0.915. The van der Waals surface area contributed by atoms with Gasteiger partial charge < -0.3 is 10.0 Å². The number of hydrogen-bond donors (Lipinski definition) is 1. The van der Waals surface area contributed by atoms with Gasteiger partial charge in [-0.15, -0.1) is 0 Å². The molecule has 118 valence electrons. The van der Waals surface area contributed by atoms with Gasteiger partial charge in [0, 0.05) is 35.1 Å². The van der Waals surface area contributed by atoms with E-state index in [4.69, 9.17) is 0 Å². The highest BCUT2D eigenvalue weighted by Gasteiger charge is 2.34. The van der Waals surface area contributed by atoms with Gasteiger partial charge in [-0.2, -0.15) is 11.8 Å². The Hall–Kier alpha value is -0.790. The number of hydrogen-bond acceptors (Lipinski definition) is 5. The maximum absolute atomic E-state index is 13.4. The normalized spacial score (nSPS) is 21.3. The minimum absolute atomic E-state index is 0.0694. The Morgan fingerprint density at radius 2 is 2.24 bits per heavy atom. The van der Waals surface area contributed by atoms with Crippen molar-refractivity contribution in [2.45, 2.75) is 25.3 Å². The third-order valence-electron chi connectivity index (χ3n) is 3.65. The Morgan fingerprint density at radius 1 is 1.52 bits per heavy atom. The first-order chi connectivity index (χ1) is 9.86. The summed E-state index contributed by atoms with van der Waals surface area (Å²) in [5.41, 5.74) is 1.03. The second-order valence-corrected chi connectivity index (χ2v) is 8.65. The monoisotopic (exact) mass is 333 g/mol. The van der Waals surface area contributed by atoms with Crippen molar-refractivity contribution in [3.63, 3.8) is 0 Å². The van der Waals surface area contributed by atoms with E-state index in [1.165, 1.54) is 12.1 Å². The van der Waals surface area contributed by atoms with Crippen LogP contribution in [0.5, 0.6) is 0 Å². The molecule has 1 aliphatic heterocycles. The van der Waals surface area contributed by atoms with E-state index in [-0.39, 0.29) is 5.75 Å². The fourth-order valence-corrected chi connectivity index (χ4v) is 5.45. The van der Waals surface area contributed by atoms with Crippen molar-refractivity contribution >= 4 is 27.3 Å². The molecule has 1 aromatic carbocycles. The van der Waals surface area contributed by atoms with E-state index in [9.17, 15) is 17.9 Å². The Kier molecular flexibility index (Phi) is 5.16. The van der Waals surface area contributed by atoms with Gasteiger partial charge in [0.05, 0.1) is 6.10 Å². The summed E-state index contributed by atoms with van der Waals surface area (Å²) in [6.07, 6.45) is -0.852. The van der Waals surface area contributed by atoms with Gasteiger partial charge in [0.2, 0.25) is 0 Å². The molecule has 0 spiro atoms. The van der Waals surface area contributed by atoms with Crippen molar-refractivity contribution in [2.75, 3.05) is 28.7 Å². The molecule has 1 N–H and O–H groups in total. The van der Waals surface area contributed by atoms with E-state index in [0.717, 1.165) is 5.75 Å². The van der Waals surface area contributed by atoms with Crippen LogP contribution in [0.3, 0.4) is 0 Å². The van der Waals surface area contributed by atoms with Crippen LogP contribution < -0.4 is 4.90 Å². The molecule has 0 radical (unpaired) electrons. The Balaban J connectivity index is 2.47. The van der Waals surface area contributed by atoms with Crippen LogP contribution in [-0.4, -0.2) is 42.7 Å². The van der Waals surface area contributed by atoms with Crippen LogP contribution in [0.4, 0.5) is 10.1 Å². The zero-order valence-electron chi connectivity index (χ0n) is 12.1. The van der Waals surface area contributed by atoms with Gasteiger partial charge >= 0.3 is 0 Å². The summed E-state index contributed by atoms with van der Waals surface area (Å²) in [5, 5.41) is 9.24. The molecule has 4 nitrogen and oxygen atoms in total. The van der Waals surface area contributed by atoms with E-state index in [0.29, 0.717) is 23.5 Å². The molecule has 1 fully saturated rings. The smallest absolute Gasteiger partial charge is 0.171 e. The van der Waals surface area contributed by atoms with Crippen LogP contribution in [0, 0.1) is 5.82 Å². The van der Waals surface area contributed by atoms with Crippen LogP contribution in [0.1, 0.15) is 25.5 Å². The molecular weight excluding hydrogens is 313 g/mol. The van der Waals surface area contributed by atoms with Crippen LogP contribution in [-0.2, 0) is 9.84 Å². The summed E-state index contributed by atoms with van der Waals surface area (Å²) in [6.45, 7) is 3.76. The van der Waals surface area contributed by atoms with Crippen molar-refractivity contribution < 1.29 is 17.9 Å². The highest BCUT2D eigenvalue weighted by Crippen LogP contribution is 2.33.